The molecule has 0 heterocycles. The summed E-state index contributed by atoms with van der Waals surface area (Å²) in [5, 5.41) is 8.14. The third kappa shape index (κ3) is 7.36. The molecule has 0 atom stereocenters. The van der Waals surface area contributed by atoms with E-state index in [1.165, 1.54) is 0 Å². The molecule has 0 saturated carbocycles. The van der Waals surface area contributed by atoms with Gasteiger partial charge >= 0.3 is 0 Å². The van der Waals surface area contributed by atoms with E-state index >= 15 is 0 Å². The van der Waals surface area contributed by atoms with Crippen LogP contribution in [0.25, 0.3) is 0 Å². The van der Waals surface area contributed by atoms with Gasteiger partial charge in [0.05, 0.1) is 11.4 Å². The summed E-state index contributed by atoms with van der Waals surface area (Å²) < 4.78 is 1.86. The summed E-state index contributed by atoms with van der Waals surface area (Å²) in [5.74, 6) is -0.672. The largest absolute Gasteiger partial charge is 0.273 e. The second-order valence-corrected chi connectivity index (χ2v) is 7.82. The normalized spacial score (nSPS) is 11.9. The molecule has 0 bridgehead atoms. The van der Waals surface area contributed by atoms with Gasteiger partial charge in [0.1, 0.15) is 0 Å². The molecular formula is C20H20Br2N4O2. The van der Waals surface area contributed by atoms with Crippen molar-refractivity contribution in [2.24, 2.45) is 10.2 Å². The van der Waals surface area contributed by atoms with Crippen molar-refractivity contribution < 1.29 is 9.59 Å². The van der Waals surface area contributed by atoms with E-state index in [1.54, 1.807) is 13.8 Å². The SMILES string of the molecule is C/C(=N\NC(=O)CCC(=O)N/N=C(\C)c1cccc(Br)c1)c1cccc(Br)c1. The number of carbonyl (C=O) groups excluding carboxylic acids is 2. The Labute approximate surface area is 180 Å². The molecule has 0 aromatic heterocycles. The molecule has 0 aliphatic carbocycles. The fraction of sp³-hybridized carbons (Fsp3) is 0.200. The Kier molecular flexibility index (Phi) is 8.53. The molecular weight excluding hydrogens is 488 g/mol. The van der Waals surface area contributed by atoms with Gasteiger partial charge in [0.25, 0.3) is 0 Å². The Morgan fingerprint density at radius 1 is 0.786 bits per heavy atom. The first kappa shape index (κ1) is 22.0. The molecule has 2 amide bonds. The van der Waals surface area contributed by atoms with Crippen LogP contribution in [0.3, 0.4) is 0 Å². The van der Waals surface area contributed by atoms with Crippen molar-refractivity contribution in [3.63, 3.8) is 0 Å². The van der Waals surface area contributed by atoms with Gasteiger partial charge in [-0.1, -0.05) is 56.1 Å². The maximum atomic E-state index is 11.9. The first-order valence-electron chi connectivity index (χ1n) is 8.53. The van der Waals surface area contributed by atoms with E-state index in [4.69, 9.17) is 0 Å². The van der Waals surface area contributed by atoms with E-state index in [2.05, 4.69) is 52.9 Å². The fourth-order valence-electron chi connectivity index (χ4n) is 2.19. The molecule has 0 radical (unpaired) electrons. The minimum atomic E-state index is -0.336. The molecule has 146 valence electrons. The van der Waals surface area contributed by atoms with Crippen molar-refractivity contribution in [3.05, 3.63) is 68.6 Å². The van der Waals surface area contributed by atoms with Crippen molar-refractivity contribution in [1.82, 2.24) is 10.9 Å². The highest BCUT2D eigenvalue weighted by Crippen LogP contribution is 2.13. The molecule has 2 N–H and O–H groups in total. The molecule has 0 fully saturated rings. The van der Waals surface area contributed by atoms with Gasteiger partial charge in [-0.3, -0.25) is 9.59 Å². The first-order valence-corrected chi connectivity index (χ1v) is 10.1. The molecule has 0 spiro atoms. The molecule has 6 nitrogen and oxygen atoms in total. The highest BCUT2D eigenvalue weighted by atomic mass is 79.9. The van der Waals surface area contributed by atoms with E-state index in [9.17, 15) is 9.59 Å². The lowest BCUT2D eigenvalue weighted by atomic mass is 10.1. The van der Waals surface area contributed by atoms with Crippen molar-refractivity contribution in [3.8, 4) is 0 Å². The number of nitrogens with one attached hydrogen (secondary N) is 2. The van der Waals surface area contributed by atoms with Crippen LogP contribution in [-0.4, -0.2) is 23.2 Å². The summed E-state index contributed by atoms with van der Waals surface area (Å²) in [5.41, 5.74) is 8.07. The van der Waals surface area contributed by atoms with Crippen LogP contribution >= 0.6 is 31.9 Å². The Hall–Kier alpha value is -2.32. The van der Waals surface area contributed by atoms with Gasteiger partial charge in [-0.25, -0.2) is 10.9 Å². The van der Waals surface area contributed by atoms with Gasteiger partial charge in [0.15, 0.2) is 0 Å². The minimum Gasteiger partial charge on any atom is -0.273 e. The van der Waals surface area contributed by atoms with Crippen LogP contribution in [0.15, 0.2) is 67.7 Å². The van der Waals surface area contributed by atoms with E-state index in [-0.39, 0.29) is 24.7 Å². The van der Waals surface area contributed by atoms with E-state index in [0.717, 1.165) is 20.1 Å². The van der Waals surface area contributed by atoms with Gasteiger partial charge < -0.3 is 0 Å². The van der Waals surface area contributed by atoms with Crippen molar-refractivity contribution in [2.45, 2.75) is 26.7 Å². The Morgan fingerprint density at radius 3 is 1.54 bits per heavy atom. The summed E-state index contributed by atoms with van der Waals surface area (Å²) in [4.78, 5) is 23.8. The summed E-state index contributed by atoms with van der Waals surface area (Å²) in [6.45, 7) is 3.60. The lowest BCUT2D eigenvalue weighted by molar-refractivity contribution is -0.126. The zero-order chi connectivity index (χ0) is 20.5. The predicted octanol–water partition coefficient (Wildman–Crippen LogP) is 4.37. The lowest BCUT2D eigenvalue weighted by Gasteiger charge is -2.04. The number of halogens is 2. The molecule has 0 aliphatic heterocycles. The molecule has 0 aliphatic rings. The quantitative estimate of drug-likeness (QED) is 0.430. The highest BCUT2D eigenvalue weighted by molar-refractivity contribution is 9.10. The first-order chi connectivity index (χ1) is 13.3. The standard InChI is InChI=1S/C20H20Br2N4O2/c1-13(15-5-3-7-17(21)11-15)23-25-19(27)9-10-20(28)26-24-14(2)16-6-4-8-18(22)12-16/h3-8,11-12H,9-10H2,1-2H3,(H,25,27)(H,26,28)/b23-13+,24-14+. The second-order valence-electron chi connectivity index (χ2n) is 5.99. The zero-order valence-electron chi connectivity index (χ0n) is 15.5. The van der Waals surface area contributed by atoms with Crippen LogP contribution < -0.4 is 10.9 Å². The van der Waals surface area contributed by atoms with Crippen LogP contribution in [0.1, 0.15) is 37.8 Å². The number of carbonyl (C=O) groups is 2. The van der Waals surface area contributed by atoms with E-state index in [1.807, 2.05) is 48.5 Å². The van der Waals surface area contributed by atoms with Crippen LogP contribution in [0, 0.1) is 0 Å². The summed E-state index contributed by atoms with van der Waals surface area (Å²) in [6.07, 6.45) is 0.0408. The molecule has 0 unspecified atom stereocenters. The number of hydrazone groups is 2. The molecule has 8 heteroatoms. The van der Waals surface area contributed by atoms with Crippen molar-refractivity contribution in [2.75, 3.05) is 0 Å². The predicted molar refractivity (Wildman–Crippen MR) is 118 cm³/mol. The third-order valence-electron chi connectivity index (χ3n) is 3.76. The average Bonchev–Trinajstić information content (AvgIpc) is 2.68. The number of amides is 2. The maximum Gasteiger partial charge on any atom is 0.240 e. The van der Waals surface area contributed by atoms with Crippen LogP contribution in [0.5, 0.6) is 0 Å². The maximum absolute atomic E-state index is 11.9. The second kappa shape index (κ2) is 10.9. The molecule has 2 aromatic rings. The smallest absolute Gasteiger partial charge is 0.240 e. The molecule has 28 heavy (non-hydrogen) atoms. The van der Waals surface area contributed by atoms with Crippen molar-refractivity contribution >= 4 is 55.1 Å². The van der Waals surface area contributed by atoms with Crippen LogP contribution in [0.2, 0.25) is 0 Å². The Balaban J connectivity index is 1.79. The number of rotatable bonds is 7. The number of hydrogen-bond acceptors (Lipinski definition) is 4. The van der Waals surface area contributed by atoms with Gasteiger partial charge in [-0.2, -0.15) is 10.2 Å². The van der Waals surface area contributed by atoms with Gasteiger partial charge in [-0.05, 0) is 49.2 Å². The highest BCUT2D eigenvalue weighted by Gasteiger charge is 2.07. The number of nitrogens with zero attached hydrogens (tertiary/aromatic N) is 2. The monoisotopic (exact) mass is 506 g/mol. The molecule has 2 rings (SSSR count). The number of hydrogen-bond donors (Lipinski definition) is 2. The topological polar surface area (TPSA) is 82.9 Å². The third-order valence-corrected chi connectivity index (χ3v) is 4.75. The molecule has 0 saturated heterocycles. The molecule has 2 aromatic carbocycles. The van der Waals surface area contributed by atoms with Crippen molar-refractivity contribution in [1.29, 1.82) is 0 Å². The fourth-order valence-corrected chi connectivity index (χ4v) is 2.99. The number of benzene rings is 2. The van der Waals surface area contributed by atoms with E-state index in [0.29, 0.717) is 11.4 Å². The van der Waals surface area contributed by atoms with Gasteiger partial charge in [-0.15, -0.1) is 0 Å². The Bertz CT molecular complexity index is 850. The average molecular weight is 508 g/mol. The summed E-state index contributed by atoms with van der Waals surface area (Å²) in [6, 6.07) is 15.2. The van der Waals surface area contributed by atoms with Gasteiger partial charge in [0.2, 0.25) is 11.8 Å². The minimum absolute atomic E-state index is 0.0204. The van der Waals surface area contributed by atoms with Crippen LogP contribution in [0.4, 0.5) is 0 Å². The lowest BCUT2D eigenvalue weighted by Crippen LogP contribution is -2.24. The summed E-state index contributed by atoms with van der Waals surface area (Å²) >= 11 is 6.79. The van der Waals surface area contributed by atoms with Gasteiger partial charge in [0, 0.05) is 21.8 Å². The van der Waals surface area contributed by atoms with Crippen LogP contribution in [-0.2, 0) is 9.59 Å². The Morgan fingerprint density at radius 2 is 1.18 bits per heavy atom. The zero-order valence-corrected chi connectivity index (χ0v) is 18.7. The van der Waals surface area contributed by atoms with E-state index < -0.39 is 0 Å². The summed E-state index contributed by atoms with van der Waals surface area (Å²) in [7, 11) is 0.